The average molecular weight is 223 g/mol. The van der Waals surface area contributed by atoms with E-state index in [1.54, 1.807) is 0 Å². The van der Waals surface area contributed by atoms with Crippen LogP contribution in [0, 0.1) is 23.7 Å². The molecule has 3 rings (SSSR count). The van der Waals surface area contributed by atoms with Crippen LogP contribution in [0.5, 0.6) is 0 Å². The molecule has 0 spiro atoms. The predicted octanol–water partition coefficient (Wildman–Crippen LogP) is 0.965. The van der Waals surface area contributed by atoms with Gasteiger partial charge in [0.25, 0.3) is 5.91 Å². The van der Waals surface area contributed by atoms with Gasteiger partial charge in [-0.2, -0.15) is 5.06 Å². The number of ether oxygens (including phenoxy) is 1. The van der Waals surface area contributed by atoms with Gasteiger partial charge in [0, 0.05) is 0 Å². The van der Waals surface area contributed by atoms with Crippen LogP contribution in [0.1, 0.15) is 6.42 Å². The molecule has 4 atom stereocenters. The molecular weight excluding hydrogens is 210 g/mol. The normalized spacial score (nSPS) is 39.1. The van der Waals surface area contributed by atoms with Gasteiger partial charge in [0.1, 0.15) is 0 Å². The molecule has 3 aliphatic rings. The quantitative estimate of drug-likeness (QED) is 0.491. The Morgan fingerprint density at radius 1 is 1.44 bits per heavy atom. The molecule has 1 aliphatic heterocycles. The Hall–Kier alpha value is -1.52. The number of fused-ring (bicyclic) bond motifs is 5. The monoisotopic (exact) mass is 223 g/mol. The molecule has 16 heavy (non-hydrogen) atoms. The first-order valence-corrected chi connectivity index (χ1v) is 5.46. The van der Waals surface area contributed by atoms with Gasteiger partial charge in [-0.25, -0.2) is 4.79 Å². The molecule has 1 heterocycles. The molecule has 2 bridgehead atoms. The number of hydroxylamine groups is 2. The van der Waals surface area contributed by atoms with Crippen LogP contribution in [0.3, 0.4) is 0 Å². The van der Waals surface area contributed by atoms with Gasteiger partial charge in [0.2, 0.25) is 0 Å². The molecule has 2 aliphatic carbocycles. The first-order valence-electron chi connectivity index (χ1n) is 5.46. The van der Waals surface area contributed by atoms with E-state index in [0.717, 1.165) is 11.5 Å². The van der Waals surface area contributed by atoms with Crippen LogP contribution in [0.25, 0.3) is 0 Å². The Labute approximate surface area is 92.9 Å². The molecule has 0 aromatic carbocycles. The second kappa shape index (κ2) is 3.23. The summed E-state index contributed by atoms with van der Waals surface area (Å²) in [7, 11) is 1.23. The first kappa shape index (κ1) is 9.69. The highest BCUT2D eigenvalue weighted by Crippen LogP contribution is 2.51. The fraction of sp³-hybridized carbons (Fsp3) is 0.636. The van der Waals surface area contributed by atoms with E-state index >= 15 is 0 Å². The highest BCUT2D eigenvalue weighted by molar-refractivity contribution is 5.83. The third-order valence-electron chi connectivity index (χ3n) is 3.88. The number of nitrogens with zero attached hydrogens (tertiary/aromatic N) is 1. The van der Waals surface area contributed by atoms with Crippen molar-refractivity contribution in [1.29, 1.82) is 0 Å². The van der Waals surface area contributed by atoms with Gasteiger partial charge in [0.05, 0.1) is 19.6 Å². The van der Waals surface area contributed by atoms with Crippen LogP contribution < -0.4 is 0 Å². The number of carbonyl (C=O) groups is 2. The van der Waals surface area contributed by atoms with Crippen molar-refractivity contribution in [2.75, 3.05) is 13.7 Å². The first-order chi connectivity index (χ1) is 7.70. The van der Waals surface area contributed by atoms with Crippen molar-refractivity contribution < 1.29 is 19.2 Å². The molecule has 2 fully saturated rings. The summed E-state index contributed by atoms with van der Waals surface area (Å²) in [5, 5.41) is 1.16. The SMILES string of the molecule is COC(=O)ON1CC2C3C=CC(C3)C2C1=O. The molecule has 5 heteroatoms. The second-order valence-electron chi connectivity index (χ2n) is 4.58. The lowest BCUT2D eigenvalue weighted by Crippen LogP contribution is -2.31. The highest BCUT2D eigenvalue weighted by Gasteiger charge is 2.55. The molecule has 5 nitrogen and oxygen atoms in total. The largest absolute Gasteiger partial charge is 0.533 e. The van der Waals surface area contributed by atoms with Crippen LogP contribution >= 0.6 is 0 Å². The summed E-state index contributed by atoms with van der Waals surface area (Å²) in [6.45, 7) is 0.504. The van der Waals surface area contributed by atoms with Gasteiger partial charge in [-0.15, -0.1) is 0 Å². The van der Waals surface area contributed by atoms with Crippen molar-refractivity contribution in [1.82, 2.24) is 5.06 Å². The minimum absolute atomic E-state index is 0.0136. The van der Waals surface area contributed by atoms with Gasteiger partial charge < -0.3 is 9.57 Å². The van der Waals surface area contributed by atoms with Crippen molar-refractivity contribution in [2.24, 2.45) is 23.7 Å². The van der Waals surface area contributed by atoms with Crippen molar-refractivity contribution >= 4 is 12.1 Å². The summed E-state index contributed by atoms with van der Waals surface area (Å²) in [4.78, 5) is 27.8. The number of carbonyl (C=O) groups excluding carboxylic acids is 2. The Balaban J connectivity index is 1.74. The maximum absolute atomic E-state index is 12.0. The van der Waals surface area contributed by atoms with Crippen LogP contribution in [-0.2, 0) is 14.4 Å². The van der Waals surface area contributed by atoms with E-state index < -0.39 is 6.16 Å². The minimum atomic E-state index is -0.825. The average Bonchev–Trinajstić information content (AvgIpc) is 2.93. The summed E-state index contributed by atoms with van der Waals surface area (Å²) < 4.78 is 4.38. The third kappa shape index (κ3) is 1.17. The number of hydrogen-bond donors (Lipinski definition) is 0. The molecule has 0 aromatic heterocycles. The van der Waals surface area contributed by atoms with Gasteiger partial charge in [0.15, 0.2) is 0 Å². The van der Waals surface area contributed by atoms with E-state index in [-0.39, 0.29) is 11.8 Å². The van der Waals surface area contributed by atoms with Crippen LogP contribution in [0.15, 0.2) is 12.2 Å². The van der Waals surface area contributed by atoms with E-state index in [0.29, 0.717) is 24.3 Å². The molecule has 1 saturated carbocycles. The minimum Gasteiger partial charge on any atom is -0.436 e. The summed E-state index contributed by atoms with van der Waals surface area (Å²) in [5.74, 6) is 1.07. The molecule has 4 unspecified atom stereocenters. The highest BCUT2D eigenvalue weighted by atomic mass is 16.8. The maximum Gasteiger partial charge on any atom is 0.533 e. The Morgan fingerprint density at radius 3 is 2.88 bits per heavy atom. The van der Waals surface area contributed by atoms with Gasteiger partial charge >= 0.3 is 6.16 Å². The van der Waals surface area contributed by atoms with E-state index in [1.165, 1.54) is 7.11 Å². The van der Waals surface area contributed by atoms with Crippen LogP contribution in [0.2, 0.25) is 0 Å². The number of amides is 1. The topological polar surface area (TPSA) is 55.8 Å². The maximum atomic E-state index is 12.0. The van der Waals surface area contributed by atoms with Gasteiger partial charge in [-0.3, -0.25) is 4.79 Å². The van der Waals surface area contributed by atoms with E-state index in [1.807, 2.05) is 0 Å². The standard InChI is InChI=1S/C11H13NO4/c1-15-11(14)16-12-5-8-6-2-3-7(4-6)9(8)10(12)13/h2-3,6-9H,4-5H2,1H3. The molecular formula is C11H13NO4. The molecule has 1 amide bonds. The zero-order valence-electron chi connectivity index (χ0n) is 8.96. The molecule has 1 saturated heterocycles. The third-order valence-corrected chi connectivity index (χ3v) is 3.88. The number of hydrogen-bond acceptors (Lipinski definition) is 4. The van der Waals surface area contributed by atoms with E-state index in [4.69, 9.17) is 4.84 Å². The zero-order valence-corrected chi connectivity index (χ0v) is 8.96. The van der Waals surface area contributed by atoms with Crippen molar-refractivity contribution in [3.63, 3.8) is 0 Å². The van der Waals surface area contributed by atoms with Gasteiger partial charge in [-0.1, -0.05) is 12.2 Å². The zero-order chi connectivity index (χ0) is 11.3. The second-order valence-corrected chi connectivity index (χ2v) is 4.58. The lowest BCUT2D eigenvalue weighted by molar-refractivity contribution is -0.167. The number of rotatable bonds is 1. The molecule has 0 aromatic rings. The lowest BCUT2D eigenvalue weighted by atomic mass is 9.86. The van der Waals surface area contributed by atoms with E-state index in [2.05, 4.69) is 16.9 Å². The van der Waals surface area contributed by atoms with Crippen LogP contribution in [-0.4, -0.2) is 30.8 Å². The van der Waals surface area contributed by atoms with Crippen molar-refractivity contribution in [3.05, 3.63) is 12.2 Å². The number of methoxy groups -OCH3 is 1. The summed E-state index contributed by atoms with van der Waals surface area (Å²) in [6.07, 6.45) is 4.55. The van der Waals surface area contributed by atoms with Crippen molar-refractivity contribution in [2.45, 2.75) is 6.42 Å². The molecule has 86 valence electrons. The lowest BCUT2D eigenvalue weighted by Gasteiger charge is -2.16. The van der Waals surface area contributed by atoms with Crippen LogP contribution in [0.4, 0.5) is 4.79 Å². The number of allylic oxidation sites excluding steroid dienone is 2. The summed E-state index contributed by atoms with van der Waals surface area (Å²) in [5.41, 5.74) is 0. The van der Waals surface area contributed by atoms with Crippen molar-refractivity contribution in [3.8, 4) is 0 Å². The Morgan fingerprint density at radius 2 is 2.19 bits per heavy atom. The Kier molecular flexibility index (Phi) is 1.96. The fourth-order valence-corrected chi connectivity index (χ4v) is 3.20. The summed E-state index contributed by atoms with van der Waals surface area (Å²) >= 11 is 0. The molecule has 0 radical (unpaired) electrons. The Bertz CT molecular complexity index is 378. The predicted molar refractivity (Wildman–Crippen MR) is 52.9 cm³/mol. The van der Waals surface area contributed by atoms with E-state index in [9.17, 15) is 9.59 Å². The summed E-state index contributed by atoms with van der Waals surface area (Å²) in [6, 6.07) is 0. The smallest absolute Gasteiger partial charge is 0.436 e. The fourth-order valence-electron chi connectivity index (χ4n) is 3.20. The van der Waals surface area contributed by atoms with Gasteiger partial charge in [-0.05, 0) is 24.2 Å². The molecule has 0 N–H and O–H groups in total.